The standard InChI is InChI=1S/C11H11Cl2F3N2/c12-7-3-6(4-8(13)9(7)17)5-18-10(1-2-10)11(14,15)16/h3-4,18H,1-2,5,17H2. The molecule has 0 aromatic heterocycles. The number of rotatable bonds is 3. The lowest BCUT2D eigenvalue weighted by Crippen LogP contribution is -2.44. The first-order chi connectivity index (χ1) is 8.25. The Kier molecular flexibility index (Phi) is 3.42. The van der Waals surface area contributed by atoms with E-state index in [1.807, 2.05) is 0 Å². The van der Waals surface area contributed by atoms with Crippen LogP contribution in [0.4, 0.5) is 18.9 Å². The number of hydrogen-bond acceptors (Lipinski definition) is 2. The molecule has 1 fully saturated rings. The maximum atomic E-state index is 12.7. The molecule has 0 unspecified atom stereocenters. The minimum absolute atomic E-state index is 0.0548. The predicted molar refractivity (Wildman–Crippen MR) is 65.7 cm³/mol. The summed E-state index contributed by atoms with van der Waals surface area (Å²) in [5, 5.41) is 3.01. The van der Waals surface area contributed by atoms with Gasteiger partial charge in [0.25, 0.3) is 0 Å². The van der Waals surface area contributed by atoms with E-state index < -0.39 is 11.7 Å². The van der Waals surface area contributed by atoms with Crippen molar-refractivity contribution >= 4 is 28.9 Å². The molecule has 1 aliphatic carbocycles. The molecule has 7 heteroatoms. The second kappa shape index (κ2) is 4.47. The highest BCUT2D eigenvalue weighted by Crippen LogP contribution is 2.49. The predicted octanol–water partition coefficient (Wildman–Crippen LogP) is 3.76. The average molecular weight is 299 g/mol. The second-order valence-corrected chi connectivity index (χ2v) is 5.22. The first kappa shape index (κ1) is 13.8. The van der Waals surface area contributed by atoms with E-state index in [0.29, 0.717) is 5.56 Å². The van der Waals surface area contributed by atoms with Gasteiger partial charge in [-0.1, -0.05) is 23.2 Å². The van der Waals surface area contributed by atoms with E-state index in [2.05, 4.69) is 5.32 Å². The van der Waals surface area contributed by atoms with Gasteiger partial charge in [0.15, 0.2) is 0 Å². The van der Waals surface area contributed by atoms with Gasteiger partial charge >= 0.3 is 6.18 Å². The lowest BCUT2D eigenvalue weighted by molar-refractivity contribution is -0.166. The summed E-state index contributed by atoms with van der Waals surface area (Å²) in [6.45, 7) is 0.0548. The minimum atomic E-state index is -4.23. The third-order valence-electron chi connectivity index (χ3n) is 3.06. The van der Waals surface area contributed by atoms with Crippen molar-refractivity contribution in [1.29, 1.82) is 0 Å². The summed E-state index contributed by atoms with van der Waals surface area (Å²) in [5.74, 6) is 0. The summed E-state index contributed by atoms with van der Waals surface area (Å²) in [6.07, 6.45) is -4.02. The Morgan fingerprint density at radius 2 is 1.72 bits per heavy atom. The van der Waals surface area contributed by atoms with Gasteiger partial charge in [-0.05, 0) is 30.5 Å². The van der Waals surface area contributed by atoms with E-state index in [-0.39, 0.29) is 35.1 Å². The Morgan fingerprint density at radius 1 is 1.22 bits per heavy atom. The maximum absolute atomic E-state index is 12.7. The van der Waals surface area contributed by atoms with Gasteiger partial charge < -0.3 is 5.73 Å². The average Bonchev–Trinajstić information content (AvgIpc) is 3.03. The van der Waals surface area contributed by atoms with Crippen molar-refractivity contribution in [2.45, 2.75) is 31.1 Å². The summed E-state index contributed by atoms with van der Waals surface area (Å²) in [7, 11) is 0. The fourth-order valence-corrected chi connectivity index (χ4v) is 2.23. The molecule has 0 amide bonds. The summed E-state index contributed by atoms with van der Waals surface area (Å²) < 4.78 is 38.1. The van der Waals surface area contributed by atoms with E-state index >= 15 is 0 Å². The smallest absolute Gasteiger partial charge is 0.396 e. The van der Waals surface area contributed by atoms with Crippen LogP contribution in [-0.4, -0.2) is 11.7 Å². The topological polar surface area (TPSA) is 38.0 Å². The second-order valence-electron chi connectivity index (χ2n) is 4.41. The summed E-state index contributed by atoms with van der Waals surface area (Å²) in [5.41, 5.74) is 4.62. The van der Waals surface area contributed by atoms with Crippen molar-refractivity contribution in [3.05, 3.63) is 27.7 Å². The molecule has 3 N–H and O–H groups in total. The van der Waals surface area contributed by atoms with Crippen LogP contribution in [0, 0.1) is 0 Å². The first-order valence-corrected chi connectivity index (χ1v) is 6.06. The molecule has 1 aliphatic rings. The van der Waals surface area contributed by atoms with Crippen LogP contribution in [0.25, 0.3) is 0 Å². The van der Waals surface area contributed by atoms with Crippen LogP contribution in [0.1, 0.15) is 18.4 Å². The largest absolute Gasteiger partial charge is 0.406 e. The van der Waals surface area contributed by atoms with Gasteiger partial charge in [0.05, 0.1) is 15.7 Å². The van der Waals surface area contributed by atoms with Crippen LogP contribution in [-0.2, 0) is 6.54 Å². The normalized spacial score (nSPS) is 17.8. The fraction of sp³-hybridized carbons (Fsp3) is 0.455. The summed E-state index contributed by atoms with van der Waals surface area (Å²) >= 11 is 11.6. The Morgan fingerprint density at radius 3 is 2.11 bits per heavy atom. The van der Waals surface area contributed by atoms with Crippen LogP contribution < -0.4 is 11.1 Å². The fourth-order valence-electron chi connectivity index (χ4n) is 1.70. The molecule has 0 bridgehead atoms. The summed E-state index contributed by atoms with van der Waals surface area (Å²) in [4.78, 5) is 0. The van der Waals surface area contributed by atoms with E-state index in [1.165, 1.54) is 12.1 Å². The zero-order valence-corrected chi connectivity index (χ0v) is 10.8. The van der Waals surface area contributed by atoms with Gasteiger partial charge in [0.2, 0.25) is 0 Å². The number of alkyl halides is 3. The number of benzene rings is 1. The van der Waals surface area contributed by atoms with Crippen LogP contribution in [0.3, 0.4) is 0 Å². The molecular weight excluding hydrogens is 288 g/mol. The third kappa shape index (κ3) is 2.53. The molecule has 18 heavy (non-hydrogen) atoms. The maximum Gasteiger partial charge on any atom is 0.406 e. The molecule has 1 aromatic carbocycles. The Hall–Kier alpha value is -0.650. The molecule has 1 saturated carbocycles. The van der Waals surface area contributed by atoms with Crippen molar-refractivity contribution in [3.63, 3.8) is 0 Å². The monoisotopic (exact) mass is 298 g/mol. The number of nitrogens with two attached hydrogens (primary N) is 1. The van der Waals surface area contributed by atoms with Crippen LogP contribution in [0.15, 0.2) is 12.1 Å². The number of nitrogens with one attached hydrogen (secondary N) is 1. The van der Waals surface area contributed by atoms with E-state index in [4.69, 9.17) is 28.9 Å². The molecule has 2 rings (SSSR count). The molecule has 0 aliphatic heterocycles. The molecule has 0 spiro atoms. The number of hydrogen-bond donors (Lipinski definition) is 2. The highest BCUT2D eigenvalue weighted by molar-refractivity contribution is 6.38. The van der Waals surface area contributed by atoms with Crippen molar-refractivity contribution in [2.75, 3.05) is 5.73 Å². The minimum Gasteiger partial charge on any atom is -0.396 e. The van der Waals surface area contributed by atoms with Gasteiger partial charge in [-0.25, -0.2) is 0 Å². The van der Waals surface area contributed by atoms with Gasteiger partial charge in [-0.2, -0.15) is 13.2 Å². The van der Waals surface area contributed by atoms with E-state index in [1.54, 1.807) is 0 Å². The van der Waals surface area contributed by atoms with Crippen molar-refractivity contribution < 1.29 is 13.2 Å². The third-order valence-corrected chi connectivity index (χ3v) is 3.69. The number of anilines is 1. The highest BCUT2D eigenvalue weighted by Gasteiger charge is 2.62. The van der Waals surface area contributed by atoms with Gasteiger partial charge in [-0.3, -0.25) is 5.32 Å². The Bertz CT molecular complexity index is 447. The number of nitrogen functional groups attached to an aromatic ring is 1. The van der Waals surface area contributed by atoms with Crippen molar-refractivity contribution in [2.24, 2.45) is 0 Å². The van der Waals surface area contributed by atoms with Gasteiger partial charge in [-0.15, -0.1) is 0 Å². The van der Waals surface area contributed by atoms with E-state index in [0.717, 1.165) is 0 Å². The SMILES string of the molecule is Nc1c(Cl)cc(CNC2(C(F)(F)F)CC2)cc1Cl. The molecule has 0 saturated heterocycles. The molecule has 100 valence electrons. The van der Waals surface area contributed by atoms with Crippen LogP contribution >= 0.6 is 23.2 Å². The lowest BCUT2D eigenvalue weighted by Gasteiger charge is -2.21. The molecular formula is C11H11Cl2F3N2. The zero-order chi connectivity index (χ0) is 13.6. The van der Waals surface area contributed by atoms with E-state index in [9.17, 15) is 13.2 Å². The Labute approximate surface area is 112 Å². The lowest BCUT2D eigenvalue weighted by atomic mass is 10.1. The van der Waals surface area contributed by atoms with Crippen LogP contribution in [0.2, 0.25) is 10.0 Å². The first-order valence-electron chi connectivity index (χ1n) is 5.30. The van der Waals surface area contributed by atoms with Crippen LogP contribution in [0.5, 0.6) is 0 Å². The highest BCUT2D eigenvalue weighted by atomic mass is 35.5. The molecule has 2 nitrogen and oxygen atoms in total. The molecule has 0 atom stereocenters. The quantitative estimate of drug-likeness (QED) is 0.834. The van der Waals surface area contributed by atoms with Crippen molar-refractivity contribution in [1.82, 2.24) is 5.32 Å². The Balaban J connectivity index is 2.08. The van der Waals surface area contributed by atoms with Gasteiger partial charge in [0.1, 0.15) is 5.54 Å². The van der Waals surface area contributed by atoms with Crippen molar-refractivity contribution in [3.8, 4) is 0 Å². The van der Waals surface area contributed by atoms with Gasteiger partial charge in [0, 0.05) is 6.54 Å². The molecule has 0 radical (unpaired) electrons. The number of halogens is 5. The summed E-state index contributed by atoms with van der Waals surface area (Å²) in [6, 6.07) is 3.03. The zero-order valence-electron chi connectivity index (χ0n) is 9.24. The molecule has 1 aromatic rings. The molecule has 0 heterocycles.